The Morgan fingerprint density at radius 2 is 1.84 bits per heavy atom. The van der Waals surface area contributed by atoms with Crippen LogP contribution >= 0.6 is 0 Å². The maximum atomic E-state index is 12.9. The summed E-state index contributed by atoms with van der Waals surface area (Å²) in [5.74, 6) is 1.74. The fourth-order valence-corrected chi connectivity index (χ4v) is 5.43. The fraction of sp³-hybridized carbons (Fsp3) is 0.640. The van der Waals surface area contributed by atoms with E-state index in [1.807, 2.05) is 17.9 Å². The Morgan fingerprint density at radius 1 is 1.16 bits per heavy atom. The summed E-state index contributed by atoms with van der Waals surface area (Å²) in [7, 11) is 0. The van der Waals surface area contributed by atoms with Gasteiger partial charge < -0.3 is 10.2 Å². The lowest BCUT2D eigenvalue weighted by atomic mass is 9.90. The zero-order valence-electron chi connectivity index (χ0n) is 19.0. The van der Waals surface area contributed by atoms with Crippen molar-refractivity contribution in [2.75, 3.05) is 19.6 Å². The molecule has 0 spiro atoms. The van der Waals surface area contributed by atoms with E-state index in [4.69, 9.17) is 0 Å². The van der Waals surface area contributed by atoms with Crippen LogP contribution in [0.5, 0.6) is 0 Å². The van der Waals surface area contributed by atoms with Gasteiger partial charge in [-0.05, 0) is 61.8 Å². The standard InChI is InChI=1S/C25H35N3O3/c1-17(2)15-25(3)23(30)28(24(31)26-25)16-18-9-11-27(12-10-18)22(29)14-20-13-21(20)19-7-5-4-6-8-19/h4-8,17-18,20-21H,9-16H2,1-3H3,(H,26,31)/t20-,21-,25?/m0/s1. The van der Waals surface area contributed by atoms with Crippen LogP contribution < -0.4 is 5.32 Å². The van der Waals surface area contributed by atoms with Crippen molar-refractivity contribution >= 4 is 17.8 Å². The topological polar surface area (TPSA) is 69.7 Å². The highest BCUT2D eigenvalue weighted by atomic mass is 16.2. The number of amides is 4. The molecule has 1 N–H and O–H groups in total. The number of carbonyl (C=O) groups excluding carboxylic acids is 3. The quantitative estimate of drug-likeness (QED) is 0.676. The average molecular weight is 426 g/mol. The molecule has 2 aliphatic heterocycles. The van der Waals surface area contributed by atoms with E-state index in [9.17, 15) is 14.4 Å². The number of carbonyl (C=O) groups is 3. The van der Waals surface area contributed by atoms with E-state index in [1.54, 1.807) is 0 Å². The molecule has 3 aliphatic rings. The number of urea groups is 1. The number of hydrogen-bond donors (Lipinski definition) is 1. The lowest BCUT2D eigenvalue weighted by Crippen LogP contribution is -2.46. The molecule has 2 saturated heterocycles. The minimum atomic E-state index is -0.790. The third-order valence-electron chi connectivity index (χ3n) is 7.16. The van der Waals surface area contributed by atoms with Crippen LogP contribution in [0.1, 0.15) is 64.4 Å². The van der Waals surface area contributed by atoms with Crippen molar-refractivity contribution in [2.24, 2.45) is 17.8 Å². The van der Waals surface area contributed by atoms with Crippen LogP contribution in [0.4, 0.5) is 4.79 Å². The molecule has 4 amide bonds. The molecule has 0 radical (unpaired) electrons. The SMILES string of the molecule is CC(C)CC1(C)NC(=O)N(CC2CCN(C(=O)C[C@@H]3C[C@H]3c3ccccc3)CC2)C1=O. The van der Waals surface area contributed by atoms with Crippen molar-refractivity contribution in [2.45, 2.75) is 64.3 Å². The van der Waals surface area contributed by atoms with Crippen LogP contribution in [0.3, 0.4) is 0 Å². The van der Waals surface area contributed by atoms with E-state index in [-0.39, 0.29) is 23.8 Å². The van der Waals surface area contributed by atoms with Crippen molar-refractivity contribution in [3.8, 4) is 0 Å². The van der Waals surface area contributed by atoms with Gasteiger partial charge in [0.05, 0.1) is 0 Å². The van der Waals surface area contributed by atoms with Crippen LogP contribution in [0.2, 0.25) is 0 Å². The second-order valence-electron chi connectivity index (χ2n) is 10.3. The lowest BCUT2D eigenvalue weighted by molar-refractivity contribution is -0.134. The Balaban J connectivity index is 1.23. The highest BCUT2D eigenvalue weighted by Crippen LogP contribution is 2.49. The van der Waals surface area contributed by atoms with E-state index in [2.05, 4.69) is 43.4 Å². The summed E-state index contributed by atoms with van der Waals surface area (Å²) in [5.41, 5.74) is 0.554. The summed E-state index contributed by atoms with van der Waals surface area (Å²) >= 11 is 0. The van der Waals surface area contributed by atoms with Crippen LogP contribution in [0, 0.1) is 17.8 Å². The Bertz CT molecular complexity index is 832. The molecule has 0 bridgehead atoms. The van der Waals surface area contributed by atoms with Crippen LogP contribution in [-0.4, -0.2) is 52.8 Å². The van der Waals surface area contributed by atoms with Gasteiger partial charge in [0.2, 0.25) is 5.91 Å². The fourth-order valence-electron chi connectivity index (χ4n) is 5.43. The number of piperidine rings is 1. The van der Waals surface area contributed by atoms with Gasteiger partial charge in [0.15, 0.2) is 0 Å². The summed E-state index contributed by atoms with van der Waals surface area (Å²) in [4.78, 5) is 41.5. The highest BCUT2D eigenvalue weighted by Gasteiger charge is 2.48. The van der Waals surface area contributed by atoms with Crippen LogP contribution in [0.25, 0.3) is 0 Å². The zero-order valence-corrected chi connectivity index (χ0v) is 19.0. The van der Waals surface area contributed by atoms with E-state index >= 15 is 0 Å². The number of nitrogens with one attached hydrogen (secondary N) is 1. The number of benzene rings is 1. The molecular formula is C25H35N3O3. The van der Waals surface area contributed by atoms with Crippen molar-refractivity contribution in [3.63, 3.8) is 0 Å². The van der Waals surface area contributed by atoms with Gasteiger partial charge in [0, 0.05) is 26.1 Å². The minimum Gasteiger partial charge on any atom is -0.343 e. The molecule has 1 saturated carbocycles. The monoisotopic (exact) mass is 425 g/mol. The highest BCUT2D eigenvalue weighted by molar-refractivity contribution is 6.06. The largest absolute Gasteiger partial charge is 0.343 e. The van der Waals surface area contributed by atoms with E-state index in [1.165, 1.54) is 10.5 Å². The van der Waals surface area contributed by atoms with Gasteiger partial charge in [-0.2, -0.15) is 0 Å². The third kappa shape index (κ3) is 4.78. The van der Waals surface area contributed by atoms with Gasteiger partial charge in [0.1, 0.15) is 5.54 Å². The normalized spacial score (nSPS) is 28.9. The van der Waals surface area contributed by atoms with Crippen molar-refractivity contribution < 1.29 is 14.4 Å². The first-order valence-electron chi connectivity index (χ1n) is 11.7. The van der Waals surface area contributed by atoms with Gasteiger partial charge in [-0.25, -0.2) is 4.79 Å². The van der Waals surface area contributed by atoms with Crippen molar-refractivity contribution in [3.05, 3.63) is 35.9 Å². The predicted octanol–water partition coefficient (Wildman–Crippen LogP) is 3.78. The smallest absolute Gasteiger partial charge is 0.325 e. The number of hydrogen-bond acceptors (Lipinski definition) is 3. The Morgan fingerprint density at radius 3 is 2.48 bits per heavy atom. The number of likely N-dealkylation sites (tertiary alicyclic amines) is 1. The maximum absolute atomic E-state index is 12.9. The molecule has 168 valence electrons. The summed E-state index contributed by atoms with van der Waals surface area (Å²) in [5, 5.41) is 2.90. The molecule has 1 aromatic carbocycles. The second-order valence-corrected chi connectivity index (χ2v) is 10.3. The van der Waals surface area contributed by atoms with Crippen LogP contribution in [0.15, 0.2) is 30.3 Å². The van der Waals surface area contributed by atoms with Gasteiger partial charge in [0.25, 0.3) is 5.91 Å². The van der Waals surface area contributed by atoms with Gasteiger partial charge in [-0.1, -0.05) is 44.2 Å². The Hall–Kier alpha value is -2.37. The number of imide groups is 1. The molecule has 4 rings (SSSR count). The Labute approximate surface area is 185 Å². The molecule has 3 atom stereocenters. The predicted molar refractivity (Wildman–Crippen MR) is 119 cm³/mol. The maximum Gasteiger partial charge on any atom is 0.325 e. The van der Waals surface area contributed by atoms with Gasteiger partial charge >= 0.3 is 6.03 Å². The average Bonchev–Trinajstić information content (AvgIpc) is 3.46. The molecule has 3 fully saturated rings. The second kappa shape index (κ2) is 8.64. The molecule has 6 heteroatoms. The molecule has 2 heterocycles. The molecule has 1 aliphatic carbocycles. The van der Waals surface area contributed by atoms with Gasteiger partial charge in [-0.3, -0.25) is 14.5 Å². The van der Waals surface area contributed by atoms with Gasteiger partial charge in [-0.15, -0.1) is 0 Å². The van der Waals surface area contributed by atoms with Crippen molar-refractivity contribution in [1.29, 1.82) is 0 Å². The van der Waals surface area contributed by atoms with E-state index in [0.29, 0.717) is 37.1 Å². The zero-order chi connectivity index (χ0) is 22.2. The molecule has 0 aromatic heterocycles. The summed E-state index contributed by atoms with van der Waals surface area (Å²) in [6.07, 6.45) is 4.07. The summed E-state index contributed by atoms with van der Waals surface area (Å²) < 4.78 is 0. The molecule has 31 heavy (non-hydrogen) atoms. The third-order valence-corrected chi connectivity index (χ3v) is 7.16. The first kappa shape index (κ1) is 21.8. The summed E-state index contributed by atoms with van der Waals surface area (Å²) in [6.45, 7) is 7.85. The lowest BCUT2D eigenvalue weighted by Gasteiger charge is -2.33. The first-order valence-corrected chi connectivity index (χ1v) is 11.7. The number of nitrogens with zero attached hydrogens (tertiary/aromatic N) is 2. The molecule has 1 aromatic rings. The summed E-state index contributed by atoms with van der Waals surface area (Å²) in [6, 6.07) is 10.2. The first-order chi connectivity index (χ1) is 14.8. The van der Waals surface area contributed by atoms with Crippen molar-refractivity contribution in [1.82, 2.24) is 15.1 Å². The number of rotatable bonds is 7. The van der Waals surface area contributed by atoms with E-state index in [0.717, 1.165) is 32.4 Å². The minimum absolute atomic E-state index is 0.106. The molecule has 6 nitrogen and oxygen atoms in total. The van der Waals surface area contributed by atoms with Crippen LogP contribution in [-0.2, 0) is 9.59 Å². The molecule has 1 unspecified atom stereocenters. The van der Waals surface area contributed by atoms with E-state index < -0.39 is 5.54 Å². The molecular weight excluding hydrogens is 390 g/mol. The Kier molecular flexibility index (Phi) is 6.09.